The summed E-state index contributed by atoms with van der Waals surface area (Å²) in [7, 11) is 0. The smallest absolute Gasteiger partial charge is 0.161 e. The minimum atomic E-state index is 0.0558. The zero-order valence-corrected chi connectivity index (χ0v) is 15.0. The zero-order chi connectivity index (χ0) is 14.8. The van der Waals surface area contributed by atoms with E-state index in [2.05, 4.69) is 31.9 Å². The summed E-state index contributed by atoms with van der Waals surface area (Å²) in [6.45, 7) is 1.39. The Hall–Kier alpha value is -0.710. The van der Waals surface area contributed by atoms with Crippen molar-refractivity contribution in [2.24, 2.45) is 0 Å². The minimum absolute atomic E-state index is 0.0558. The lowest BCUT2D eigenvalue weighted by Gasteiger charge is -2.14. The van der Waals surface area contributed by atoms with Crippen molar-refractivity contribution in [2.45, 2.75) is 11.2 Å². The van der Waals surface area contributed by atoms with Crippen LogP contribution in [0.25, 0.3) is 0 Å². The fourth-order valence-corrected chi connectivity index (χ4v) is 3.21. The Morgan fingerprint density at radius 1 is 0.952 bits per heavy atom. The predicted molar refractivity (Wildman–Crippen MR) is 92.0 cm³/mol. The number of ether oxygens (including phenoxy) is 2. The molecule has 0 amide bonds. The number of benzene rings is 2. The van der Waals surface area contributed by atoms with Gasteiger partial charge < -0.3 is 9.47 Å². The highest BCUT2D eigenvalue weighted by molar-refractivity contribution is 9.10. The quantitative estimate of drug-likeness (QED) is 0.563. The summed E-state index contributed by atoms with van der Waals surface area (Å²) in [5.41, 5.74) is 2.20. The van der Waals surface area contributed by atoms with Gasteiger partial charge in [0.15, 0.2) is 11.5 Å². The van der Waals surface area contributed by atoms with E-state index in [1.54, 1.807) is 0 Å². The van der Waals surface area contributed by atoms with Gasteiger partial charge in [-0.3, -0.25) is 0 Å². The van der Waals surface area contributed by atoms with Crippen LogP contribution in [-0.4, -0.2) is 13.2 Å². The van der Waals surface area contributed by atoms with Gasteiger partial charge in [0.1, 0.15) is 0 Å². The molecule has 0 aromatic heterocycles. The molecule has 1 atom stereocenters. The molecule has 0 aliphatic carbocycles. The largest absolute Gasteiger partial charge is 0.490 e. The second-order valence-electron chi connectivity index (χ2n) is 4.79. The summed E-state index contributed by atoms with van der Waals surface area (Å²) >= 11 is 13.3. The van der Waals surface area contributed by atoms with Gasteiger partial charge >= 0.3 is 0 Å². The number of rotatable bonds is 2. The summed E-state index contributed by atoms with van der Waals surface area (Å²) in [5.74, 6) is 1.61. The summed E-state index contributed by atoms with van der Waals surface area (Å²) in [4.78, 5) is 0.0558. The highest BCUT2D eigenvalue weighted by Crippen LogP contribution is 2.38. The molecule has 0 radical (unpaired) electrons. The van der Waals surface area contributed by atoms with Crippen LogP contribution < -0.4 is 9.47 Å². The summed E-state index contributed by atoms with van der Waals surface area (Å²) in [6, 6.07) is 12.0. The van der Waals surface area contributed by atoms with Crippen molar-refractivity contribution in [3.63, 3.8) is 0 Å². The van der Waals surface area contributed by atoms with Gasteiger partial charge in [-0.15, -0.1) is 0 Å². The number of halogens is 3. The van der Waals surface area contributed by atoms with Gasteiger partial charge in [0.25, 0.3) is 0 Å². The van der Waals surface area contributed by atoms with E-state index >= 15 is 0 Å². The summed E-state index contributed by atoms with van der Waals surface area (Å²) in [5, 5.41) is 0.700. The lowest BCUT2D eigenvalue weighted by molar-refractivity contribution is 0.297. The molecular formula is C16H13Br2ClO2. The molecule has 0 bridgehead atoms. The van der Waals surface area contributed by atoms with E-state index in [1.807, 2.05) is 36.4 Å². The zero-order valence-electron chi connectivity index (χ0n) is 11.1. The number of alkyl halides is 1. The first kappa shape index (κ1) is 15.2. The molecule has 21 heavy (non-hydrogen) atoms. The van der Waals surface area contributed by atoms with Gasteiger partial charge in [-0.1, -0.05) is 39.7 Å². The van der Waals surface area contributed by atoms with Crippen molar-refractivity contribution < 1.29 is 9.47 Å². The van der Waals surface area contributed by atoms with E-state index in [0.717, 1.165) is 33.5 Å². The molecule has 2 nitrogen and oxygen atoms in total. The Morgan fingerprint density at radius 3 is 2.38 bits per heavy atom. The van der Waals surface area contributed by atoms with Gasteiger partial charge in [-0.2, -0.15) is 0 Å². The van der Waals surface area contributed by atoms with Crippen LogP contribution in [0.4, 0.5) is 0 Å². The topological polar surface area (TPSA) is 18.5 Å². The molecule has 3 rings (SSSR count). The van der Waals surface area contributed by atoms with Crippen LogP contribution in [0.3, 0.4) is 0 Å². The summed E-state index contributed by atoms with van der Waals surface area (Å²) < 4.78 is 12.3. The van der Waals surface area contributed by atoms with Gasteiger partial charge in [0, 0.05) is 10.9 Å². The molecule has 1 unspecified atom stereocenters. The maximum Gasteiger partial charge on any atom is 0.161 e. The van der Waals surface area contributed by atoms with Crippen molar-refractivity contribution in [1.29, 1.82) is 0 Å². The van der Waals surface area contributed by atoms with Crippen LogP contribution in [-0.2, 0) is 0 Å². The Morgan fingerprint density at radius 2 is 1.62 bits per heavy atom. The van der Waals surface area contributed by atoms with E-state index in [4.69, 9.17) is 21.1 Å². The van der Waals surface area contributed by atoms with Crippen LogP contribution in [0.5, 0.6) is 11.5 Å². The van der Waals surface area contributed by atoms with Crippen LogP contribution in [0, 0.1) is 0 Å². The van der Waals surface area contributed by atoms with Crippen molar-refractivity contribution >= 4 is 43.5 Å². The molecule has 2 aromatic carbocycles. The van der Waals surface area contributed by atoms with Crippen molar-refractivity contribution in [1.82, 2.24) is 0 Å². The van der Waals surface area contributed by atoms with E-state index in [0.29, 0.717) is 18.2 Å². The van der Waals surface area contributed by atoms with E-state index in [-0.39, 0.29) is 4.83 Å². The lowest BCUT2D eigenvalue weighted by Crippen LogP contribution is -1.97. The maximum absolute atomic E-state index is 6.17. The molecule has 0 fully saturated rings. The van der Waals surface area contributed by atoms with Gasteiger partial charge in [-0.05, 0) is 51.3 Å². The molecule has 0 saturated heterocycles. The van der Waals surface area contributed by atoms with Crippen molar-refractivity contribution in [2.75, 3.05) is 13.2 Å². The second kappa shape index (κ2) is 6.59. The maximum atomic E-state index is 6.17. The molecule has 0 spiro atoms. The van der Waals surface area contributed by atoms with Crippen LogP contribution >= 0.6 is 43.5 Å². The van der Waals surface area contributed by atoms with Crippen molar-refractivity contribution in [3.05, 3.63) is 57.0 Å². The molecule has 0 N–H and O–H groups in total. The SMILES string of the molecule is Clc1cc(C(Br)c2ccc3c(c2)OCCCO3)ccc1Br. The standard InChI is InChI=1S/C16H13Br2ClO2/c17-12-4-2-10(8-13(12)19)16(18)11-3-5-14-15(9-11)21-7-1-6-20-14/h2-5,8-9,16H,1,6-7H2. The summed E-state index contributed by atoms with van der Waals surface area (Å²) in [6.07, 6.45) is 0.907. The average molecular weight is 433 g/mol. The van der Waals surface area contributed by atoms with E-state index < -0.39 is 0 Å². The number of fused-ring (bicyclic) bond motifs is 1. The molecule has 1 aliphatic rings. The third kappa shape index (κ3) is 3.38. The van der Waals surface area contributed by atoms with E-state index in [1.165, 1.54) is 0 Å². The fraction of sp³-hybridized carbons (Fsp3) is 0.250. The van der Waals surface area contributed by atoms with Crippen LogP contribution in [0.2, 0.25) is 5.02 Å². The molecule has 1 aliphatic heterocycles. The monoisotopic (exact) mass is 430 g/mol. The van der Waals surface area contributed by atoms with E-state index in [9.17, 15) is 0 Å². The molecule has 2 aromatic rings. The first-order valence-corrected chi connectivity index (χ1v) is 8.72. The molecule has 110 valence electrons. The first-order valence-electron chi connectivity index (χ1n) is 6.64. The third-order valence-corrected chi connectivity index (χ3v) is 5.59. The molecular weight excluding hydrogens is 419 g/mol. The van der Waals surface area contributed by atoms with Crippen LogP contribution in [0.15, 0.2) is 40.9 Å². The average Bonchev–Trinajstić information content (AvgIpc) is 2.73. The Balaban J connectivity index is 1.92. The number of hydrogen-bond donors (Lipinski definition) is 0. The third-order valence-electron chi connectivity index (χ3n) is 3.30. The Labute approximate surface area is 145 Å². The van der Waals surface area contributed by atoms with Gasteiger partial charge in [-0.25, -0.2) is 0 Å². The second-order valence-corrected chi connectivity index (χ2v) is 6.97. The molecule has 5 heteroatoms. The van der Waals surface area contributed by atoms with Crippen LogP contribution in [0.1, 0.15) is 22.4 Å². The van der Waals surface area contributed by atoms with Gasteiger partial charge in [0.2, 0.25) is 0 Å². The highest BCUT2D eigenvalue weighted by Gasteiger charge is 2.16. The predicted octanol–water partition coefficient (Wildman–Crippen LogP) is 5.75. The fourth-order valence-electron chi connectivity index (χ4n) is 2.20. The molecule has 1 heterocycles. The van der Waals surface area contributed by atoms with Gasteiger partial charge in [0.05, 0.1) is 23.1 Å². The lowest BCUT2D eigenvalue weighted by atomic mass is 10.0. The highest BCUT2D eigenvalue weighted by atomic mass is 79.9. The first-order chi connectivity index (χ1) is 10.1. The minimum Gasteiger partial charge on any atom is -0.490 e. The number of hydrogen-bond acceptors (Lipinski definition) is 2. The van der Waals surface area contributed by atoms with Crippen molar-refractivity contribution in [3.8, 4) is 11.5 Å². The Kier molecular flexibility index (Phi) is 4.77. The Bertz CT molecular complexity index is 661. The normalized spacial score (nSPS) is 15.4. The molecule has 0 saturated carbocycles.